The third kappa shape index (κ3) is 2.82. The molecule has 0 bridgehead atoms. The van der Waals surface area contributed by atoms with Crippen molar-refractivity contribution in [3.05, 3.63) is 24.8 Å². The van der Waals surface area contributed by atoms with Crippen LogP contribution in [-0.2, 0) is 4.79 Å². The molecular weight excluding hydrogens is 272 g/mol. The van der Waals surface area contributed by atoms with Crippen LogP contribution in [-0.4, -0.2) is 17.0 Å². The number of rotatable bonds is 5. The minimum Gasteiger partial charge on any atom is -0.390 e. The minimum atomic E-state index is -0.645. The van der Waals surface area contributed by atoms with Crippen LogP contribution in [0.15, 0.2) is 24.8 Å². The molecule has 0 amide bonds. The maximum absolute atomic E-state index is 11.8. The Bertz CT molecular complexity index is 464. The molecule has 0 aromatic heterocycles. The summed E-state index contributed by atoms with van der Waals surface area (Å²) in [4.78, 5) is 11.8. The summed E-state index contributed by atoms with van der Waals surface area (Å²) in [7, 11) is 0. The van der Waals surface area contributed by atoms with Crippen LogP contribution in [0.3, 0.4) is 0 Å². The van der Waals surface area contributed by atoms with Crippen molar-refractivity contribution in [1.82, 2.24) is 0 Å². The molecule has 0 radical (unpaired) electrons. The van der Waals surface area contributed by atoms with Crippen LogP contribution >= 0.6 is 0 Å². The molecule has 5 atom stereocenters. The van der Waals surface area contributed by atoms with Gasteiger partial charge in [0.15, 0.2) is 0 Å². The summed E-state index contributed by atoms with van der Waals surface area (Å²) in [6.07, 6.45) is 9.75. The van der Waals surface area contributed by atoms with Gasteiger partial charge in [-0.15, -0.1) is 0 Å². The standard InChI is InChI=1S/C20H32O2/c1-6-15(2)8-9-17-19(4)12-7-11-18(3,14-21)16(19)10-13-20(17,5)22/h6,14,16-17,22H,1-2,7-13H2,3-5H3/t16-,17+,18+,19-,20+/m0/s1. The van der Waals surface area contributed by atoms with Crippen LogP contribution < -0.4 is 0 Å². The summed E-state index contributed by atoms with van der Waals surface area (Å²) < 4.78 is 0. The molecule has 1 N–H and O–H groups in total. The first-order valence-electron chi connectivity index (χ1n) is 8.68. The lowest BCUT2D eigenvalue weighted by molar-refractivity contribution is -0.173. The van der Waals surface area contributed by atoms with Crippen LogP contribution in [0.2, 0.25) is 0 Å². The van der Waals surface area contributed by atoms with Crippen molar-refractivity contribution in [1.29, 1.82) is 0 Å². The van der Waals surface area contributed by atoms with Gasteiger partial charge < -0.3 is 9.90 Å². The molecule has 2 heteroatoms. The van der Waals surface area contributed by atoms with E-state index in [1.54, 1.807) is 0 Å². The van der Waals surface area contributed by atoms with E-state index in [9.17, 15) is 9.90 Å². The fourth-order valence-corrected chi connectivity index (χ4v) is 5.56. The van der Waals surface area contributed by atoms with E-state index in [1.807, 2.05) is 13.0 Å². The lowest BCUT2D eigenvalue weighted by Crippen LogP contribution is -2.58. The fraction of sp³-hybridized carbons (Fsp3) is 0.750. The van der Waals surface area contributed by atoms with Gasteiger partial charge in [0.25, 0.3) is 0 Å². The molecule has 2 aliphatic rings. The fourth-order valence-electron chi connectivity index (χ4n) is 5.56. The van der Waals surface area contributed by atoms with E-state index in [4.69, 9.17) is 0 Å². The van der Waals surface area contributed by atoms with Gasteiger partial charge in [0, 0.05) is 5.41 Å². The van der Waals surface area contributed by atoms with Crippen molar-refractivity contribution in [3.8, 4) is 0 Å². The molecular formula is C20H32O2. The Morgan fingerprint density at radius 3 is 2.55 bits per heavy atom. The summed E-state index contributed by atoms with van der Waals surface area (Å²) in [5.74, 6) is 0.600. The Hall–Kier alpha value is -0.890. The average molecular weight is 304 g/mol. The third-order valence-electron chi connectivity index (χ3n) is 6.82. The van der Waals surface area contributed by atoms with E-state index in [0.717, 1.165) is 50.5 Å². The molecule has 0 unspecified atom stereocenters. The summed E-state index contributed by atoms with van der Waals surface area (Å²) in [6, 6.07) is 0. The number of aldehydes is 1. The molecule has 0 aromatic carbocycles. The molecule has 22 heavy (non-hydrogen) atoms. The zero-order valence-electron chi connectivity index (χ0n) is 14.5. The van der Waals surface area contributed by atoms with Crippen LogP contribution in [0, 0.1) is 22.7 Å². The molecule has 2 nitrogen and oxygen atoms in total. The minimum absolute atomic E-state index is 0.0388. The van der Waals surface area contributed by atoms with E-state index >= 15 is 0 Å². The van der Waals surface area contributed by atoms with E-state index in [0.29, 0.717) is 5.92 Å². The molecule has 0 heterocycles. The van der Waals surface area contributed by atoms with Gasteiger partial charge in [-0.2, -0.15) is 0 Å². The van der Waals surface area contributed by atoms with E-state index in [1.165, 1.54) is 6.29 Å². The SMILES string of the molecule is C=CC(=C)CC[C@@H]1[C@@]2(C)CCC[C@](C)(C=O)[C@@H]2CC[C@@]1(C)O. The van der Waals surface area contributed by atoms with Crippen molar-refractivity contribution >= 4 is 6.29 Å². The Balaban J connectivity index is 2.32. The topological polar surface area (TPSA) is 37.3 Å². The van der Waals surface area contributed by atoms with E-state index in [-0.39, 0.29) is 16.7 Å². The van der Waals surface area contributed by atoms with Crippen molar-refractivity contribution in [2.75, 3.05) is 0 Å². The second-order valence-corrected chi connectivity index (χ2v) is 8.39. The van der Waals surface area contributed by atoms with Gasteiger partial charge in [0.2, 0.25) is 0 Å². The molecule has 0 aromatic rings. The number of allylic oxidation sites excluding steroid dienone is 2. The van der Waals surface area contributed by atoms with Gasteiger partial charge in [-0.1, -0.05) is 45.1 Å². The lowest BCUT2D eigenvalue weighted by Gasteiger charge is -2.60. The maximum atomic E-state index is 11.8. The highest BCUT2D eigenvalue weighted by Crippen LogP contribution is 2.62. The number of fused-ring (bicyclic) bond motifs is 1. The van der Waals surface area contributed by atoms with Crippen LogP contribution in [0.4, 0.5) is 0 Å². The smallest absolute Gasteiger partial charge is 0.126 e. The van der Waals surface area contributed by atoms with Gasteiger partial charge in [-0.3, -0.25) is 0 Å². The predicted molar refractivity (Wildman–Crippen MR) is 91.5 cm³/mol. The Morgan fingerprint density at radius 2 is 1.95 bits per heavy atom. The molecule has 124 valence electrons. The third-order valence-corrected chi connectivity index (χ3v) is 6.82. The molecule has 0 spiro atoms. The van der Waals surface area contributed by atoms with Crippen molar-refractivity contribution in [2.24, 2.45) is 22.7 Å². The zero-order valence-corrected chi connectivity index (χ0v) is 14.5. The van der Waals surface area contributed by atoms with Crippen LogP contribution in [0.1, 0.15) is 65.7 Å². The van der Waals surface area contributed by atoms with Crippen LogP contribution in [0.25, 0.3) is 0 Å². The summed E-state index contributed by atoms with van der Waals surface area (Å²) >= 11 is 0. The quantitative estimate of drug-likeness (QED) is 0.591. The second kappa shape index (κ2) is 5.96. The summed E-state index contributed by atoms with van der Waals surface area (Å²) in [5.41, 5.74) is 0.206. The highest BCUT2D eigenvalue weighted by Gasteiger charge is 2.58. The zero-order chi connectivity index (χ0) is 16.6. The van der Waals surface area contributed by atoms with E-state index < -0.39 is 5.60 Å². The van der Waals surface area contributed by atoms with E-state index in [2.05, 4.69) is 27.0 Å². The molecule has 0 aliphatic heterocycles. The Morgan fingerprint density at radius 1 is 1.27 bits per heavy atom. The van der Waals surface area contributed by atoms with Gasteiger partial charge in [-0.25, -0.2) is 0 Å². The molecule has 2 saturated carbocycles. The molecule has 2 aliphatic carbocycles. The molecule has 2 rings (SSSR count). The van der Waals surface area contributed by atoms with Gasteiger partial charge in [-0.05, 0) is 62.7 Å². The Labute approximate surface area is 135 Å². The normalized spacial score (nSPS) is 44.9. The highest BCUT2D eigenvalue weighted by molar-refractivity contribution is 5.60. The maximum Gasteiger partial charge on any atom is 0.126 e. The number of carbonyl (C=O) groups is 1. The molecule has 2 fully saturated rings. The van der Waals surface area contributed by atoms with Crippen molar-refractivity contribution < 1.29 is 9.90 Å². The van der Waals surface area contributed by atoms with Gasteiger partial charge in [0.1, 0.15) is 6.29 Å². The lowest BCUT2D eigenvalue weighted by atomic mass is 9.45. The number of carbonyl (C=O) groups excluding carboxylic acids is 1. The second-order valence-electron chi connectivity index (χ2n) is 8.39. The highest BCUT2D eigenvalue weighted by atomic mass is 16.3. The van der Waals surface area contributed by atoms with Crippen molar-refractivity contribution in [2.45, 2.75) is 71.3 Å². The van der Waals surface area contributed by atoms with Gasteiger partial charge in [0.05, 0.1) is 5.60 Å². The number of hydrogen-bond acceptors (Lipinski definition) is 2. The van der Waals surface area contributed by atoms with Crippen LogP contribution in [0.5, 0.6) is 0 Å². The Kier molecular flexibility index (Phi) is 4.73. The number of aliphatic hydroxyl groups is 1. The first kappa shape index (κ1) is 17.5. The monoisotopic (exact) mass is 304 g/mol. The predicted octanol–water partition coefficient (Wildman–Crippen LogP) is 4.68. The molecule has 0 saturated heterocycles. The first-order valence-corrected chi connectivity index (χ1v) is 8.68. The summed E-state index contributed by atoms with van der Waals surface area (Å²) in [6.45, 7) is 14.2. The summed E-state index contributed by atoms with van der Waals surface area (Å²) in [5, 5.41) is 11.0. The van der Waals surface area contributed by atoms with Crippen molar-refractivity contribution in [3.63, 3.8) is 0 Å². The largest absolute Gasteiger partial charge is 0.390 e. The number of hydrogen-bond donors (Lipinski definition) is 1. The first-order chi connectivity index (χ1) is 10.2. The van der Waals surface area contributed by atoms with Gasteiger partial charge >= 0.3 is 0 Å². The average Bonchev–Trinajstić information content (AvgIpc) is 2.45.